The van der Waals surface area contributed by atoms with Crippen LogP contribution in [-0.4, -0.2) is 38.1 Å². The first-order chi connectivity index (χ1) is 11.1. The average Bonchev–Trinajstić information content (AvgIpc) is 2.55. The van der Waals surface area contributed by atoms with E-state index in [9.17, 15) is 4.79 Å². The summed E-state index contributed by atoms with van der Waals surface area (Å²) in [6.07, 6.45) is -0.326. The van der Waals surface area contributed by atoms with Crippen molar-refractivity contribution in [2.75, 3.05) is 27.2 Å². The summed E-state index contributed by atoms with van der Waals surface area (Å²) in [7, 11) is 3.91. The van der Waals surface area contributed by atoms with Gasteiger partial charge in [0.2, 0.25) is 0 Å². The SMILES string of the molecule is CCOc1ccccc1C(=O)OC(CN(C)C)c1ccccc1. The van der Waals surface area contributed by atoms with E-state index in [1.54, 1.807) is 12.1 Å². The molecule has 0 radical (unpaired) electrons. The van der Waals surface area contributed by atoms with Crippen LogP contribution < -0.4 is 4.74 Å². The Morgan fingerprint density at radius 1 is 1.04 bits per heavy atom. The maximum atomic E-state index is 12.6. The molecule has 4 nitrogen and oxygen atoms in total. The summed E-state index contributed by atoms with van der Waals surface area (Å²) in [5.74, 6) is 0.182. The number of benzene rings is 2. The van der Waals surface area contributed by atoms with Gasteiger partial charge in [-0.25, -0.2) is 4.79 Å². The summed E-state index contributed by atoms with van der Waals surface area (Å²) in [5, 5.41) is 0. The molecule has 1 atom stereocenters. The van der Waals surface area contributed by atoms with Crippen LogP contribution in [0, 0.1) is 0 Å². The largest absolute Gasteiger partial charge is 0.493 e. The first-order valence-corrected chi connectivity index (χ1v) is 7.74. The van der Waals surface area contributed by atoms with E-state index in [1.807, 2.05) is 68.4 Å². The number of hydrogen-bond donors (Lipinski definition) is 0. The maximum Gasteiger partial charge on any atom is 0.342 e. The zero-order chi connectivity index (χ0) is 16.7. The van der Waals surface area contributed by atoms with Crippen LogP contribution in [0.15, 0.2) is 54.6 Å². The van der Waals surface area contributed by atoms with Gasteiger partial charge >= 0.3 is 5.97 Å². The zero-order valence-electron chi connectivity index (χ0n) is 13.9. The van der Waals surface area contributed by atoms with Crippen molar-refractivity contribution in [2.45, 2.75) is 13.0 Å². The third-order valence-electron chi connectivity index (χ3n) is 3.36. The molecule has 0 aromatic heterocycles. The summed E-state index contributed by atoms with van der Waals surface area (Å²) >= 11 is 0. The first kappa shape index (κ1) is 17.0. The fourth-order valence-corrected chi connectivity index (χ4v) is 2.32. The van der Waals surface area contributed by atoms with E-state index in [-0.39, 0.29) is 12.1 Å². The van der Waals surface area contributed by atoms with Gasteiger partial charge in [-0.2, -0.15) is 0 Å². The van der Waals surface area contributed by atoms with Crippen LogP contribution in [0.1, 0.15) is 28.9 Å². The monoisotopic (exact) mass is 313 g/mol. The van der Waals surface area contributed by atoms with E-state index in [1.165, 1.54) is 0 Å². The minimum atomic E-state index is -0.371. The normalized spacial score (nSPS) is 12.0. The molecule has 0 saturated heterocycles. The molecule has 2 aromatic rings. The molecule has 0 heterocycles. The molecule has 0 bridgehead atoms. The molecule has 0 aliphatic heterocycles. The molecule has 0 spiro atoms. The number of para-hydroxylation sites is 1. The van der Waals surface area contributed by atoms with Crippen LogP contribution in [0.5, 0.6) is 5.75 Å². The Balaban J connectivity index is 2.21. The summed E-state index contributed by atoms with van der Waals surface area (Å²) in [4.78, 5) is 14.6. The van der Waals surface area contributed by atoms with Gasteiger partial charge in [0, 0.05) is 6.54 Å². The Kier molecular flexibility index (Phi) is 6.18. The van der Waals surface area contributed by atoms with E-state index in [2.05, 4.69) is 0 Å². The number of rotatable bonds is 7. The average molecular weight is 313 g/mol. The number of nitrogens with zero attached hydrogens (tertiary/aromatic N) is 1. The van der Waals surface area contributed by atoms with Crippen LogP contribution in [0.3, 0.4) is 0 Å². The number of ether oxygens (including phenoxy) is 2. The van der Waals surface area contributed by atoms with Gasteiger partial charge in [0.25, 0.3) is 0 Å². The minimum absolute atomic E-state index is 0.326. The van der Waals surface area contributed by atoms with Gasteiger partial charge in [-0.1, -0.05) is 42.5 Å². The van der Waals surface area contributed by atoms with Crippen molar-refractivity contribution in [3.05, 3.63) is 65.7 Å². The lowest BCUT2D eigenvalue weighted by Gasteiger charge is -2.22. The van der Waals surface area contributed by atoms with Gasteiger partial charge in [-0.3, -0.25) is 0 Å². The van der Waals surface area contributed by atoms with E-state index < -0.39 is 0 Å². The highest BCUT2D eigenvalue weighted by atomic mass is 16.5. The Labute approximate surface area is 137 Å². The van der Waals surface area contributed by atoms with Crippen LogP contribution in [0.2, 0.25) is 0 Å². The molecule has 0 fully saturated rings. The van der Waals surface area contributed by atoms with E-state index in [4.69, 9.17) is 9.47 Å². The second-order valence-corrected chi connectivity index (χ2v) is 5.50. The highest BCUT2D eigenvalue weighted by molar-refractivity contribution is 5.92. The molecular formula is C19H23NO3. The molecule has 0 N–H and O–H groups in total. The molecule has 122 valence electrons. The van der Waals surface area contributed by atoms with E-state index in [0.717, 1.165) is 5.56 Å². The zero-order valence-corrected chi connectivity index (χ0v) is 13.9. The van der Waals surface area contributed by atoms with Crippen molar-refractivity contribution in [3.63, 3.8) is 0 Å². The number of hydrogen-bond acceptors (Lipinski definition) is 4. The Bertz CT molecular complexity index is 626. The third kappa shape index (κ3) is 4.83. The predicted octanol–water partition coefficient (Wildman–Crippen LogP) is 3.55. The highest BCUT2D eigenvalue weighted by Gasteiger charge is 2.21. The topological polar surface area (TPSA) is 38.8 Å². The summed E-state index contributed by atoms with van der Waals surface area (Å²) in [6.45, 7) is 3.01. The molecule has 23 heavy (non-hydrogen) atoms. The van der Waals surface area contributed by atoms with Gasteiger partial charge in [-0.05, 0) is 38.7 Å². The maximum absolute atomic E-state index is 12.6. The van der Waals surface area contributed by atoms with Gasteiger partial charge < -0.3 is 14.4 Å². The number of carbonyl (C=O) groups is 1. The molecule has 2 aromatic carbocycles. The molecule has 0 amide bonds. The summed E-state index contributed by atoms with van der Waals surface area (Å²) in [6, 6.07) is 16.9. The molecule has 1 unspecified atom stereocenters. The Hall–Kier alpha value is -2.33. The lowest BCUT2D eigenvalue weighted by molar-refractivity contribution is 0.0232. The lowest BCUT2D eigenvalue weighted by Crippen LogP contribution is -2.24. The van der Waals surface area contributed by atoms with Crippen molar-refractivity contribution in [3.8, 4) is 5.75 Å². The minimum Gasteiger partial charge on any atom is -0.493 e. The van der Waals surface area contributed by atoms with Crippen molar-refractivity contribution >= 4 is 5.97 Å². The van der Waals surface area contributed by atoms with Crippen molar-refractivity contribution in [1.82, 2.24) is 4.90 Å². The Morgan fingerprint density at radius 3 is 2.35 bits per heavy atom. The van der Waals surface area contributed by atoms with Crippen LogP contribution in [0.25, 0.3) is 0 Å². The van der Waals surface area contributed by atoms with Gasteiger partial charge in [0.1, 0.15) is 17.4 Å². The van der Waals surface area contributed by atoms with Gasteiger partial charge in [-0.15, -0.1) is 0 Å². The third-order valence-corrected chi connectivity index (χ3v) is 3.36. The smallest absolute Gasteiger partial charge is 0.342 e. The van der Waals surface area contributed by atoms with Gasteiger partial charge in [0.05, 0.1) is 6.61 Å². The van der Waals surface area contributed by atoms with Crippen LogP contribution in [-0.2, 0) is 4.74 Å². The summed E-state index contributed by atoms with van der Waals surface area (Å²) in [5.41, 5.74) is 1.43. The number of likely N-dealkylation sites (N-methyl/N-ethyl adjacent to an activating group) is 1. The first-order valence-electron chi connectivity index (χ1n) is 7.74. The standard InChI is InChI=1S/C19H23NO3/c1-4-22-17-13-9-8-12-16(17)19(21)23-18(14-20(2)3)15-10-6-5-7-11-15/h5-13,18H,4,14H2,1-3H3. The number of esters is 1. The summed E-state index contributed by atoms with van der Waals surface area (Å²) < 4.78 is 11.3. The quantitative estimate of drug-likeness (QED) is 0.733. The highest BCUT2D eigenvalue weighted by Crippen LogP contribution is 2.24. The molecule has 4 heteroatoms. The second kappa shape index (κ2) is 8.34. The fourth-order valence-electron chi connectivity index (χ4n) is 2.32. The fraction of sp³-hybridized carbons (Fsp3) is 0.316. The molecular weight excluding hydrogens is 290 g/mol. The molecule has 0 aliphatic carbocycles. The van der Waals surface area contributed by atoms with Crippen LogP contribution >= 0.6 is 0 Å². The Morgan fingerprint density at radius 2 is 1.70 bits per heavy atom. The van der Waals surface area contributed by atoms with Crippen molar-refractivity contribution in [1.29, 1.82) is 0 Å². The van der Waals surface area contributed by atoms with Crippen molar-refractivity contribution < 1.29 is 14.3 Å². The van der Waals surface area contributed by atoms with E-state index >= 15 is 0 Å². The molecule has 2 rings (SSSR count). The van der Waals surface area contributed by atoms with Crippen LogP contribution in [0.4, 0.5) is 0 Å². The van der Waals surface area contributed by atoms with Gasteiger partial charge in [0.15, 0.2) is 0 Å². The molecule has 0 aliphatic rings. The second-order valence-electron chi connectivity index (χ2n) is 5.50. The lowest BCUT2D eigenvalue weighted by atomic mass is 10.1. The van der Waals surface area contributed by atoms with Crippen molar-refractivity contribution in [2.24, 2.45) is 0 Å². The van der Waals surface area contributed by atoms with E-state index in [0.29, 0.717) is 24.5 Å². The molecule has 0 saturated carbocycles. The predicted molar refractivity (Wildman–Crippen MR) is 90.8 cm³/mol. The number of carbonyl (C=O) groups excluding carboxylic acids is 1.